The molecule has 20 heavy (non-hydrogen) atoms. The summed E-state index contributed by atoms with van der Waals surface area (Å²) in [6.45, 7) is 6.17. The van der Waals surface area contributed by atoms with E-state index in [1.807, 2.05) is 0 Å². The van der Waals surface area contributed by atoms with Crippen molar-refractivity contribution in [3.63, 3.8) is 0 Å². The van der Waals surface area contributed by atoms with Gasteiger partial charge in [-0.2, -0.15) is 0 Å². The molecule has 3 heteroatoms. The van der Waals surface area contributed by atoms with Crippen molar-refractivity contribution in [2.45, 2.75) is 84.0 Å². The van der Waals surface area contributed by atoms with Crippen molar-refractivity contribution in [2.24, 2.45) is 0 Å². The second kappa shape index (κ2) is 18.1. The first kappa shape index (κ1) is 21.4. The molecule has 0 spiro atoms. The van der Waals surface area contributed by atoms with Crippen LogP contribution in [-0.4, -0.2) is 12.6 Å². The standard InChI is InChI=1S/C17H32O2.FH/c1-3-5-6-7-8-9-10-11-12-13-14-15-16-19-17(18)4-2;/h4H,2-3,5-16H2,1H3;1H. The second-order valence-electron chi connectivity index (χ2n) is 5.26. The van der Waals surface area contributed by atoms with E-state index < -0.39 is 0 Å². The molecule has 0 rings (SSSR count). The molecule has 0 amide bonds. The Morgan fingerprint density at radius 3 is 1.65 bits per heavy atom. The highest BCUT2D eigenvalue weighted by molar-refractivity contribution is 5.81. The highest BCUT2D eigenvalue weighted by atomic mass is 19.0. The molecule has 0 radical (unpaired) electrons. The zero-order valence-electron chi connectivity index (χ0n) is 13.2. The van der Waals surface area contributed by atoms with E-state index in [0.29, 0.717) is 6.61 Å². The van der Waals surface area contributed by atoms with Crippen LogP contribution in [0, 0.1) is 0 Å². The number of carbonyl (C=O) groups is 1. The van der Waals surface area contributed by atoms with Gasteiger partial charge in [0.05, 0.1) is 6.61 Å². The molecule has 2 nitrogen and oxygen atoms in total. The number of hydrogen-bond donors (Lipinski definition) is 0. The van der Waals surface area contributed by atoms with Crippen molar-refractivity contribution >= 4 is 5.97 Å². The van der Waals surface area contributed by atoms with Crippen molar-refractivity contribution in [2.75, 3.05) is 6.61 Å². The summed E-state index contributed by atoms with van der Waals surface area (Å²) in [7, 11) is 0. The van der Waals surface area contributed by atoms with Crippen LogP contribution in [-0.2, 0) is 9.53 Å². The van der Waals surface area contributed by atoms with Gasteiger partial charge in [-0.05, 0) is 6.42 Å². The van der Waals surface area contributed by atoms with Gasteiger partial charge in [-0.15, -0.1) is 0 Å². The van der Waals surface area contributed by atoms with E-state index in [-0.39, 0.29) is 10.7 Å². The summed E-state index contributed by atoms with van der Waals surface area (Å²) < 4.78 is 4.93. The van der Waals surface area contributed by atoms with Crippen molar-refractivity contribution < 1.29 is 14.2 Å². The third-order valence-corrected chi connectivity index (χ3v) is 3.41. The van der Waals surface area contributed by atoms with E-state index in [9.17, 15) is 4.79 Å². The summed E-state index contributed by atoms with van der Waals surface area (Å²) in [6.07, 6.45) is 17.1. The minimum absolute atomic E-state index is 0. The maximum absolute atomic E-state index is 10.8. The van der Waals surface area contributed by atoms with Crippen LogP contribution < -0.4 is 0 Å². The number of carbonyl (C=O) groups excluding carboxylic acids is 1. The van der Waals surface area contributed by atoms with Gasteiger partial charge < -0.3 is 4.74 Å². The normalized spacial score (nSPS) is 9.85. The molecule has 0 unspecified atom stereocenters. The molecular weight excluding hydrogens is 255 g/mol. The van der Waals surface area contributed by atoms with Crippen LogP contribution in [0.1, 0.15) is 84.0 Å². The zero-order valence-corrected chi connectivity index (χ0v) is 13.2. The number of rotatable bonds is 14. The molecule has 0 fully saturated rings. The highest BCUT2D eigenvalue weighted by Gasteiger charge is 1.96. The van der Waals surface area contributed by atoms with E-state index in [1.54, 1.807) is 0 Å². The fraction of sp³-hybridized carbons (Fsp3) is 0.824. The maximum atomic E-state index is 10.8. The smallest absolute Gasteiger partial charge is 0.330 e. The minimum Gasteiger partial charge on any atom is -0.463 e. The lowest BCUT2D eigenvalue weighted by Crippen LogP contribution is -2.01. The molecule has 0 aliphatic heterocycles. The molecule has 0 aliphatic carbocycles. The first-order valence-electron chi connectivity index (χ1n) is 8.10. The summed E-state index contributed by atoms with van der Waals surface area (Å²) in [4.78, 5) is 10.8. The van der Waals surface area contributed by atoms with Gasteiger partial charge in [0.15, 0.2) is 0 Å². The van der Waals surface area contributed by atoms with Gasteiger partial charge in [0.25, 0.3) is 0 Å². The Morgan fingerprint density at radius 1 is 0.850 bits per heavy atom. The Morgan fingerprint density at radius 2 is 1.25 bits per heavy atom. The monoisotopic (exact) mass is 288 g/mol. The molecule has 120 valence electrons. The van der Waals surface area contributed by atoms with Gasteiger partial charge in [-0.25, -0.2) is 4.79 Å². The number of ether oxygens (including phenoxy) is 1. The molecule has 0 aliphatic rings. The first-order valence-corrected chi connectivity index (χ1v) is 8.10. The quantitative estimate of drug-likeness (QED) is 0.237. The Kier molecular flexibility index (Phi) is 19.4. The van der Waals surface area contributed by atoms with Crippen LogP contribution in [0.3, 0.4) is 0 Å². The van der Waals surface area contributed by atoms with Crippen LogP contribution >= 0.6 is 0 Å². The lowest BCUT2D eigenvalue weighted by molar-refractivity contribution is -0.137. The number of unbranched alkanes of at least 4 members (excludes halogenated alkanes) is 11. The molecule has 0 atom stereocenters. The van der Waals surface area contributed by atoms with Crippen LogP contribution in [0.25, 0.3) is 0 Å². The number of halogens is 1. The second-order valence-corrected chi connectivity index (χ2v) is 5.26. The molecule has 0 aromatic carbocycles. The van der Waals surface area contributed by atoms with Gasteiger partial charge in [-0.3, -0.25) is 4.70 Å². The number of esters is 1. The van der Waals surface area contributed by atoms with Crippen LogP contribution in [0.5, 0.6) is 0 Å². The molecule has 0 bridgehead atoms. The fourth-order valence-corrected chi connectivity index (χ4v) is 2.17. The van der Waals surface area contributed by atoms with E-state index in [4.69, 9.17) is 4.74 Å². The van der Waals surface area contributed by atoms with Gasteiger partial charge in [0.2, 0.25) is 0 Å². The molecule has 0 saturated heterocycles. The van der Waals surface area contributed by atoms with Gasteiger partial charge >= 0.3 is 5.97 Å². The topological polar surface area (TPSA) is 26.3 Å². The average Bonchev–Trinajstić information content (AvgIpc) is 2.43. The van der Waals surface area contributed by atoms with Crippen molar-refractivity contribution in [1.82, 2.24) is 0 Å². The number of hydrogen-bond acceptors (Lipinski definition) is 2. The van der Waals surface area contributed by atoms with Crippen molar-refractivity contribution in [1.29, 1.82) is 0 Å². The average molecular weight is 288 g/mol. The summed E-state index contributed by atoms with van der Waals surface area (Å²) >= 11 is 0. The third-order valence-electron chi connectivity index (χ3n) is 3.41. The minimum atomic E-state index is -0.303. The van der Waals surface area contributed by atoms with Gasteiger partial charge in [0, 0.05) is 6.08 Å². The lowest BCUT2D eigenvalue weighted by Gasteiger charge is -2.03. The summed E-state index contributed by atoms with van der Waals surface area (Å²) in [5, 5.41) is 0. The molecule has 0 aromatic rings. The summed E-state index contributed by atoms with van der Waals surface area (Å²) in [5.41, 5.74) is 0. The largest absolute Gasteiger partial charge is 0.463 e. The summed E-state index contributed by atoms with van der Waals surface area (Å²) in [6, 6.07) is 0. The molecule has 0 N–H and O–H groups in total. The Balaban J connectivity index is 0. The zero-order chi connectivity index (χ0) is 14.2. The molecular formula is C17H33FO2. The third kappa shape index (κ3) is 17.1. The lowest BCUT2D eigenvalue weighted by atomic mass is 10.1. The van der Waals surface area contributed by atoms with Crippen LogP contribution in [0.2, 0.25) is 0 Å². The predicted molar refractivity (Wildman–Crippen MR) is 84.7 cm³/mol. The Labute approximate surface area is 124 Å². The van der Waals surface area contributed by atoms with Crippen molar-refractivity contribution in [3.8, 4) is 0 Å². The maximum Gasteiger partial charge on any atom is 0.330 e. The van der Waals surface area contributed by atoms with E-state index in [1.165, 1.54) is 76.7 Å². The molecule has 0 aromatic heterocycles. The van der Waals surface area contributed by atoms with E-state index in [0.717, 1.165) is 6.42 Å². The Bertz CT molecular complexity index is 217. The summed E-state index contributed by atoms with van der Waals surface area (Å²) in [5.74, 6) is -0.303. The van der Waals surface area contributed by atoms with Crippen molar-refractivity contribution in [3.05, 3.63) is 12.7 Å². The van der Waals surface area contributed by atoms with E-state index in [2.05, 4.69) is 13.5 Å². The first-order chi connectivity index (χ1) is 9.31. The SMILES string of the molecule is C=CC(=O)OCCCCCCCCCCCCCC.F. The van der Waals surface area contributed by atoms with Gasteiger partial charge in [0.1, 0.15) is 0 Å². The van der Waals surface area contributed by atoms with Crippen LogP contribution in [0.15, 0.2) is 12.7 Å². The highest BCUT2D eigenvalue weighted by Crippen LogP contribution is 2.11. The van der Waals surface area contributed by atoms with E-state index >= 15 is 0 Å². The van der Waals surface area contributed by atoms with Crippen LogP contribution in [0.4, 0.5) is 4.70 Å². The fourth-order valence-electron chi connectivity index (χ4n) is 2.17. The molecule has 0 saturated carbocycles. The van der Waals surface area contributed by atoms with Gasteiger partial charge in [-0.1, -0.05) is 84.1 Å². The predicted octanol–water partition coefficient (Wildman–Crippen LogP) is 5.57. The molecule has 0 heterocycles. The Hall–Kier alpha value is -0.860.